The van der Waals surface area contributed by atoms with E-state index in [9.17, 15) is 0 Å². The van der Waals surface area contributed by atoms with Gasteiger partial charge in [-0.25, -0.2) is 4.98 Å². The maximum atomic E-state index is 8.81. The van der Waals surface area contributed by atoms with Gasteiger partial charge in [-0.2, -0.15) is 5.26 Å². The van der Waals surface area contributed by atoms with E-state index in [4.69, 9.17) is 9.68 Å². The summed E-state index contributed by atoms with van der Waals surface area (Å²) in [4.78, 5) is 4.35. The van der Waals surface area contributed by atoms with Gasteiger partial charge in [0.25, 0.3) is 0 Å². The Kier molecular flexibility index (Phi) is 2.13. The van der Waals surface area contributed by atoms with Crippen molar-refractivity contribution < 1.29 is 4.42 Å². The van der Waals surface area contributed by atoms with E-state index in [0.717, 1.165) is 5.56 Å². The maximum Gasteiger partial charge on any atom is 0.227 e. The fraction of sp³-hybridized carbons (Fsp3) is 0. The quantitative estimate of drug-likeness (QED) is 0.631. The minimum atomic E-state index is 0.548. The molecule has 17 heavy (non-hydrogen) atoms. The predicted octanol–water partition coefficient (Wildman–Crippen LogP) is 3.17. The molecule has 1 heterocycles. The molecule has 0 fully saturated rings. The zero-order valence-corrected chi connectivity index (χ0v) is 8.84. The highest BCUT2D eigenvalue weighted by molar-refractivity contribution is 5.77. The molecule has 0 spiro atoms. The molecule has 0 aliphatic rings. The van der Waals surface area contributed by atoms with Gasteiger partial charge in [0.1, 0.15) is 5.52 Å². The predicted molar refractivity (Wildman–Crippen MR) is 63.0 cm³/mol. The molecular weight excluding hydrogens is 212 g/mol. The second kappa shape index (κ2) is 3.76. The summed E-state index contributed by atoms with van der Waals surface area (Å²) in [7, 11) is 0. The molecule has 1 aromatic heterocycles. The summed E-state index contributed by atoms with van der Waals surface area (Å²) in [6.45, 7) is 0. The lowest BCUT2D eigenvalue weighted by Crippen LogP contribution is -1.76. The van der Waals surface area contributed by atoms with E-state index in [1.54, 1.807) is 18.2 Å². The fourth-order valence-electron chi connectivity index (χ4n) is 1.65. The molecule has 0 saturated carbocycles. The van der Waals surface area contributed by atoms with Crippen LogP contribution in [0.15, 0.2) is 46.9 Å². The number of nitrogens with zero attached hydrogens (tertiary/aromatic N) is 2. The lowest BCUT2D eigenvalue weighted by atomic mass is 10.2. The Morgan fingerprint density at radius 1 is 1.29 bits per heavy atom. The third-order valence-electron chi connectivity index (χ3n) is 2.47. The van der Waals surface area contributed by atoms with Crippen LogP contribution < -0.4 is 0 Å². The van der Waals surface area contributed by atoms with Crippen molar-refractivity contribution >= 4 is 11.1 Å². The number of hydrogen-bond acceptors (Lipinski definition) is 3. The van der Waals surface area contributed by atoms with Crippen molar-refractivity contribution in [2.75, 3.05) is 0 Å². The van der Waals surface area contributed by atoms with Gasteiger partial charge in [-0.05, 0) is 36.4 Å². The smallest absolute Gasteiger partial charge is 0.227 e. The third-order valence-corrected chi connectivity index (χ3v) is 2.47. The van der Waals surface area contributed by atoms with Gasteiger partial charge < -0.3 is 4.42 Å². The molecule has 0 amide bonds. The Bertz CT molecular complexity index is 708. The Balaban J connectivity index is 2.18. The average Bonchev–Trinajstić information content (AvgIpc) is 2.82. The van der Waals surface area contributed by atoms with E-state index in [1.807, 2.05) is 24.3 Å². The highest BCUT2D eigenvalue weighted by Gasteiger charge is 2.07. The standard InChI is InChI=1S/C14H7N2O/c15-9-10-6-7-13-12(8-10)16-14(17-13)11-4-2-1-3-5-11/h1-2,4-8H. The van der Waals surface area contributed by atoms with Crippen molar-refractivity contribution in [3.8, 4) is 17.5 Å². The van der Waals surface area contributed by atoms with E-state index >= 15 is 0 Å². The second-order valence-corrected chi connectivity index (χ2v) is 3.61. The molecule has 0 aliphatic carbocycles. The van der Waals surface area contributed by atoms with Crippen molar-refractivity contribution in [1.29, 1.82) is 5.26 Å². The zero-order chi connectivity index (χ0) is 11.7. The van der Waals surface area contributed by atoms with Crippen LogP contribution in [0.2, 0.25) is 0 Å². The largest absolute Gasteiger partial charge is 0.436 e. The summed E-state index contributed by atoms with van der Waals surface area (Å²) >= 11 is 0. The molecule has 0 N–H and O–H groups in total. The topological polar surface area (TPSA) is 49.8 Å². The van der Waals surface area contributed by atoms with E-state index in [1.165, 1.54) is 0 Å². The molecule has 0 atom stereocenters. The van der Waals surface area contributed by atoms with Crippen molar-refractivity contribution in [2.45, 2.75) is 0 Å². The molecule has 0 saturated heterocycles. The molecule has 3 rings (SSSR count). The summed E-state index contributed by atoms with van der Waals surface area (Å²) in [5.41, 5.74) is 2.84. The normalized spacial score (nSPS) is 10.3. The first-order valence-electron chi connectivity index (χ1n) is 5.14. The van der Waals surface area contributed by atoms with Gasteiger partial charge in [0, 0.05) is 5.56 Å². The number of rotatable bonds is 1. The highest BCUT2D eigenvalue weighted by atomic mass is 16.3. The minimum absolute atomic E-state index is 0.548. The highest BCUT2D eigenvalue weighted by Crippen LogP contribution is 2.24. The molecule has 79 valence electrons. The van der Waals surface area contributed by atoms with E-state index in [0.29, 0.717) is 22.6 Å². The number of fused-ring (bicyclic) bond motifs is 1. The number of aromatic nitrogens is 1. The van der Waals surface area contributed by atoms with Crippen LogP contribution in [0.5, 0.6) is 0 Å². The van der Waals surface area contributed by atoms with Gasteiger partial charge in [0.2, 0.25) is 5.89 Å². The summed E-state index contributed by atoms with van der Waals surface area (Å²) < 4.78 is 5.61. The zero-order valence-electron chi connectivity index (χ0n) is 8.84. The van der Waals surface area contributed by atoms with Crippen molar-refractivity contribution in [2.24, 2.45) is 0 Å². The third kappa shape index (κ3) is 1.66. The van der Waals surface area contributed by atoms with Gasteiger partial charge in [0.05, 0.1) is 11.6 Å². The van der Waals surface area contributed by atoms with Crippen LogP contribution in [-0.2, 0) is 0 Å². The van der Waals surface area contributed by atoms with Crippen LogP contribution in [0.25, 0.3) is 22.6 Å². The second-order valence-electron chi connectivity index (χ2n) is 3.61. The first kappa shape index (κ1) is 9.61. The summed E-state index contributed by atoms with van der Waals surface area (Å²) in [5, 5.41) is 8.81. The van der Waals surface area contributed by atoms with E-state index in [-0.39, 0.29) is 0 Å². The Labute approximate surface area is 97.9 Å². The number of benzene rings is 2. The van der Waals surface area contributed by atoms with Crippen LogP contribution in [0, 0.1) is 17.4 Å². The molecule has 3 nitrogen and oxygen atoms in total. The minimum Gasteiger partial charge on any atom is -0.436 e. The molecule has 3 aromatic rings. The molecule has 0 bridgehead atoms. The molecule has 2 aromatic carbocycles. The van der Waals surface area contributed by atoms with Gasteiger partial charge in [-0.15, -0.1) is 0 Å². The fourth-order valence-corrected chi connectivity index (χ4v) is 1.65. The Morgan fingerprint density at radius 2 is 2.24 bits per heavy atom. The molecule has 1 radical (unpaired) electrons. The molecule has 3 heteroatoms. The molecule has 0 aliphatic heterocycles. The van der Waals surface area contributed by atoms with Gasteiger partial charge in [0.15, 0.2) is 5.58 Å². The van der Waals surface area contributed by atoms with Gasteiger partial charge >= 0.3 is 0 Å². The van der Waals surface area contributed by atoms with Crippen LogP contribution in [0.4, 0.5) is 0 Å². The first-order valence-corrected chi connectivity index (χ1v) is 5.14. The number of oxazole rings is 1. The lowest BCUT2D eigenvalue weighted by Gasteiger charge is -1.91. The van der Waals surface area contributed by atoms with Gasteiger partial charge in [-0.1, -0.05) is 12.1 Å². The Hall–Kier alpha value is -2.60. The summed E-state index contributed by atoms with van der Waals surface area (Å²) in [6, 6.07) is 17.7. The van der Waals surface area contributed by atoms with Gasteiger partial charge in [-0.3, -0.25) is 0 Å². The van der Waals surface area contributed by atoms with Crippen molar-refractivity contribution in [1.82, 2.24) is 4.98 Å². The van der Waals surface area contributed by atoms with Crippen LogP contribution >= 0.6 is 0 Å². The Morgan fingerprint density at radius 3 is 3.00 bits per heavy atom. The number of hydrogen-bond donors (Lipinski definition) is 0. The maximum absolute atomic E-state index is 8.81. The SMILES string of the molecule is N#Cc1ccc2oc(-c3c[c]ccc3)nc2c1. The van der Waals surface area contributed by atoms with E-state index < -0.39 is 0 Å². The average molecular weight is 219 g/mol. The van der Waals surface area contributed by atoms with E-state index in [2.05, 4.69) is 17.1 Å². The molecule has 0 unspecified atom stereocenters. The van der Waals surface area contributed by atoms with Crippen LogP contribution in [-0.4, -0.2) is 4.98 Å². The lowest BCUT2D eigenvalue weighted by molar-refractivity contribution is 0.620. The molecular formula is C14H7N2O. The number of nitriles is 1. The monoisotopic (exact) mass is 219 g/mol. The summed E-state index contributed by atoms with van der Waals surface area (Å²) in [5.74, 6) is 0.548. The van der Waals surface area contributed by atoms with Crippen LogP contribution in [0.3, 0.4) is 0 Å². The van der Waals surface area contributed by atoms with Crippen LogP contribution in [0.1, 0.15) is 5.56 Å². The van der Waals surface area contributed by atoms with Crippen molar-refractivity contribution in [3.05, 3.63) is 54.1 Å². The van der Waals surface area contributed by atoms with Crippen molar-refractivity contribution in [3.63, 3.8) is 0 Å². The first-order chi connectivity index (χ1) is 8.36. The summed E-state index contributed by atoms with van der Waals surface area (Å²) in [6.07, 6.45) is 0.